The number of aliphatic hydroxyl groups is 1. The maximum absolute atomic E-state index is 9.00. The van der Waals surface area contributed by atoms with Crippen LogP contribution in [0, 0.1) is 0 Å². The predicted molar refractivity (Wildman–Crippen MR) is 49.7 cm³/mol. The Hall–Kier alpha value is -0.160. The zero-order valence-corrected chi connectivity index (χ0v) is 8.16. The summed E-state index contributed by atoms with van der Waals surface area (Å²) in [7, 11) is 1.66. The quantitative estimate of drug-likeness (QED) is 0.543. The van der Waals surface area contributed by atoms with E-state index in [1.54, 1.807) is 7.11 Å². The van der Waals surface area contributed by atoms with E-state index < -0.39 is 0 Å². The van der Waals surface area contributed by atoms with Crippen molar-refractivity contribution in [2.75, 3.05) is 33.5 Å². The summed E-state index contributed by atoms with van der Waals surface area (Å²) in [6.45, 7) is 2.89. The summed E-state index contributed by atoms with van der Waals surface area (Å²) < 4.78 is 10.1. The van der Waals surface area contributed by atoms with Crippen molar-refractivity contribution in [2.45, 2.75) is 25.0 Å². The van der Waals surface area contributed by atoms with Gasteiger partial charge < -0.3 is 19.9 Å². The number of rotatable bonds is 7. The molecule has 0 amide bonds. The maximum atomic E-state index is 9.00. The van der Waals surface area contributed by atoms with E-state index >= 15 is 0 Å². The van der Waals surface area contributed by atoms with Crippen molar-refractivity contribution in [1.82, 2.24) is 5.32 Å². The van der Waals surface area contributed by atoms with E-state index in [0.717, 1.165) is 26.0 Å². The first-order valence-corrected chi connectivity index (χ1v) is 4.81. The highest BCUT2D eigenvalue weighted by atomic mass is 16.5. The van der Waals surface area contributed by atoms with Gasteiger partial charge in [-0.05, 0) is 12.8 Å². The lowest BCUT2D eigenvalue weighted by atomic mass is 9.90. The minimum Gasteiger partial charge on any atom is -0.393 e. The largest absolute Gasteiger partial charge is 0.393 e. The van der Waals surface area contributed by atoms with Crippen LogP contribution in [0.25, 0.3) is 0 Å². The topological polar surface area (TPSA) is 50.7 Å². The average Bonchev–Trinajstić information content (AvgIpc) is 2.07. The van der Waals surface area contributed by atoms with E-state index in [2.05, 4.69) is 5.32 Å². The van der Waals surface area contributed by atoms with Gasteiger partial charge >= 0.3 is 0 Å². The van der Waals surface area contributed by atoms with Crippen molar-refractivity contribution >= 4 is 0 Å². The molecule has 0 unspecified atom stereocenters. The van der Waals surface area contributed by atoms with Gasteiger partial charge in [-0.2, -0.15) is 0 Å². The van der Waals surface area contributed by atoms with E-state index in [1.807, 2.05) is 0 Å². The van der Waals surface area contributed by atoms with Crippen molar-refractivity contribution < 1.29 is 14.6 Å². The fourth-order valence-corrected chi connectivity index (χ4v) is 1.33. The molecule has 1 aliphatic rings. The van der Waals surface area contributed by atoms with Crippen molar-refractivity contribution in [2.24, 2.45) is 0 Å². The third kappa shape index (κ3) is 4.57. The zero-order valence-electron chi connectivity index (χ0n) is 8.16. The van der Waals surface area contributed by atoms with Gasteiger partial charge in [-0.1, -0.05) is 0 Å². The molecule has 0 spiro atoms. The molecule has 4 nitrogen and oxygen atoms in total. The first-order valence-electron chi connectivity index (χ1n) is 4.81. The zero-order chi connectivity index (χ0) is 9.52. The van der Waals surface area contributed by atoms with E-state index in [4.69, 9.17) is 14.6 Å². The molecular weight excluding hydrogens is 170 g/mol. The van der Waals surface area contributed by atoms with E-state index in [9.17, 15) is 0 Å². The van der Waals surface area contributed by atoms with Gasteiger partial charge in [0.25, 0.3) is 0 Å². The summed E-state index contributed by atoms with van der Waals surface area (Å²) in [6.07, 6.45) is 1.70. The second-order valence-electron chi connectivity index (χ2n) is 3.38. The van der Waals surface area contributed by atoms with Gasteiger partial charge in [0.05, 0.1) is 25.9 Å². The Morgan fingerprint density at radius 3 is 2.69 bits per heavy atom. The first-order chi connectivity index (χ1) is 6.33. The third-order valence-corrected chi connectivity index (χ3v) is 2.22. The summed E-state index contributed by atoms with van der Waals surface area (Å²) in [6, 6.07) is 0.501. The van der Waals surface area contributed by atoms with Crippen LogP contribution in [0.4, 0.5) is 0 Å². The number of hydrogen-bond donors (Lipinski definition) is 2. The number of aliphatic hydroxyl groups excluding tert-OH is 1. The monoisotopic (exact) mass is 189 g/mol. The Bertz CT molecular complexity index is 126. The molecule has 13 heavy (non-hydrogen) atoms. The van der Waals surface area contributed by atoms with Crippen molar-refractivity contribution in [3.63, 3.8) is 0 Å². The van der Waals surface area contributed by atoms with Gasteiger partial charge in [0.15, 0.2) is 0 Å². The summed E-state index contributed by atoms with van der Waals surface area (Å²) in [5.74, 6) is 0. The summed E-state index contributed by atoms with van der Waals surface area (Å²) in [4.78, 5) is 0. The van der Waals surface area contributed by atoms with Crippen molar-refractivity contribution in [1.29, 1.82) is 0 Å². The van der Waals surface area contributed by atoms with Crippen LogP contribution < -0.4 is 5.32 Å². The molecule has 0 bridgehead atoms. The minimum atomic E-state index is -0.0769. The van der Waals surface area contributed by atoms with Crippen LogP contribution in [-0.2, 0) is 9.47 Å². The van der Waals surface area contributed by atoms with Gasteiger partial charge in [0, 0.05) is 19.7 Å². The highest BCUT2D eigenvalue weighted by molar-refractivity contribution is 4.84. The van der Waals surface area contributed by atoms with E-state index in [-0.39, 0.29) is 6.10 Å². The van der Waals surface area contributed by atoms with Crippen LogP contribution in [0.2, 0.25) is 0 Å². The van der Waals surface area contributed by atoms with Crippen molar-refractivity contribution in [3.8, 4) is 0 Å². The number of ether oxygens (including phenoxy) is 2. The average molecular weight is 189 g/mol. The van der Waals surface area contributed by atoms with Crippen LogP contribution >= 0.6 is 0 Å². The number of methoxy groups -OCH3 is 1. The lowest BCUT2D eigenvalue weighted by molar-refractivity contribution is 0.0483. The van der Waals surface area contributed by atoms with Crippen LogP contribution in [0.3, 0.4) is 0 Å². The molecule has 0 heterocycles. The van der Waals surface area contributed by atoms with E-state index in [1.165, 1.54) is 0 Å². The summed E-state index contributed by atoms with van der Waals surface area (Å²) in [5.41, 5.74) is 0. The molecule has 0 atom stereocenters. The molecule has 0 radical (unpaired) electrons. The Balaban J connectivity index is 1.74. The van der Waals surface area contributed by atoms with Crippen molar-refractivity contribution in [3.05, 3.63) is 0 Å². The summed E-state index contributed by atoms with van der Waals surface area (Å²) >= 11 is 0. The molecule has 1 fully saturated rings. The first kappa shape index (κ1) is 10.9. The fourth-order valence-electron chi connectivity index (χ4n) is 1.33. The molecule has 0 aliphatic heterocycles. The Kier molecular flexibility index (Phi) is 5.31. The van der Waals surface area contributed by atoms with Gasteiger partial charge in [0.2, 0.25) is 0 Å². The standard InChI is InChI=1S/C9H19NO3/c1-12-4-5-13-3-2-10-8-6-9(11)7-8/h8-11H,2-7H2,1H3. The molecule has 0 aromatic heterocycles. The van der Waals surface area contributed by atoms with Gasteiger partial charge in [-0.15, -0.1) is 0 Å². The Labute approximate surface area is 79.2 Å². The molecule has 0 aromatic carbocycles. The molecule has 78 valence electrons. The SMILES string of the molecule is COCCOCCNC1CC(O)C1. The van der Waals surface area contributed by atoms with Crippen LogP contribution in [0.5, 0.6) is 0 Å². The molecule has 4 heteroatoms. The number of nitrogens with one attached hydrogen (secondary N) is 1. The second-order valence-corrected chi connectivity index (χ2v) is 3.38. The van der Waals surface area contributed by atoms with Gasteiger partial charge in [-0.3, -0.25) is 0 Å². The van der Waals surface area contributed by atoms with Crippen LogP contribution in [-0.4, -0.2) is 50.7 Å². The molecule has 1 saturated carbocycles. The highest BCUT2D eigenvalue weighted by Gasteiger charge is 2.25. The molecule has 0 saturated heterocycles. The smallest absolute Gasteiger partial charge is 0.0700 e. The molecule has 2 N–H and O–H groups in total. The Morgan fingerprint density at radius 1 is 1.31 bits per heavy atom. The lowest BCUT2D eigenvalue weighted by Gasteiger charge is -2.32. The van der Waals surface area contributed by atoms with Crippen LogP contribution in [0.1, 0.15) is 12.8 Å². The van der Waals surface area contributed by atoms with Gasteiger partial charge in [-0.25, -0.2) is 0 Å². The minimum absolute atomic E-state index is 0.0769. The molecule has 1 aliphatic carbocycles. The third-order valence-electron chi connectivity index (χ3n) is 2.22. The molecular formula is C9H19NO3. The highest BCUT2D eigenvalue weighted by Crippen LogP contribution is 2.18. The lowest BCUT2D eigenvalue weighted by Crippen LogP contribution is -2.45. The molecule has 0 aromatic rings. The normalized spacial score (nSPS) is 27.2. The van der Waals surface area contributed by atoms with E-state index in [0.29, 0.717) is 19.3 Å². The second kappa shape index (κ2) is 6.32. The fraction of sp³-hybridized carbons (Fsp3) is 1.00. The van der Waals surface area contributed by atoms with Crippen LogP contribution in [0.15, 0.2) is 0 Å². The summed E-state index contributed by atoms with van der Waals surface area (Å²) in [5, 5.41) is 12.3. The Morgan fingerprint density at radius 2 is 2.08 bits per heavy atom. The van der Waals surface area contributed by atoms with Gasteiger partial charge in [0.1, 0.15) is 0 Å². The number of hydrogen-bond acceptors (Lipinski definition) is 4. The molecule has 1 rings (SSSR count). The maximum Gasteiger partial charge on any atom is 0.0700 e. The predicted octanol–water partition coefficient (Wildman–Crippen LogP) is -0.238.